The van der Waals surface area contributed by atoms with Crippen LogP contribution in [-0.2, 0) is 14.8 Å². The van der Waals surface area contributed by atoms with E-state index in [1.54, 1.807) is 0 Å². The van der Waals surface area contributed by atoms with E-state index in [-0.39, 0.29) is 11.7 Å². The third-order valence-corrected chi connectivity index (χ3v) is 6.03. The maximum Gasteiger partial charge on any atom is 0.211 e. The lowest BCUT2D eigenvalue weighted by Gasteiger charge is -2.34. The fourth-order valence-corrected chi connectivity index (χ4v) is 3.96. The summed E-state index contributed by atoms with van der Waals surface area (Å²) in [5.41, 5.74) is 5.38. The van der Waals surface area contributed by atoms with Crippen molar-refractivity contribution in [2.24, 2.45) is 17.1 Å². The van der Waals surface area contributed by atoms with Gasteiger partial charge in [0.2, 0.25) is 10.0 Å². The SMILES string of the molecule is CCC(CC)(CN)C(=O)CC1CCCN(S(C)(=O)=O)C1. The highest BCUT2D eigenvalue weighted by Gasteiger charge is 2.36. The standard InChI is InChI=1S/C14H28N2O3S/c1-4-14(5-2,11-15)13(17)9-12-7-6-8-16(10-12)20(3,18)19/h12H,4-11,15H2,1-3H3. The monoisotopic (exact) mass is 304 g/mol. The number of rotatable bonds is 7. The molecule has 1 unspecified atom stereocenters. The van der Waals surface area contributed by atoms with E-state index < -0.39 is 15.4 Å². The second-order valence-corrected chi connectivity index (χ2v) is 7.93. The fourth-order valence-electron chi connectivity index (χ4n) is 3.02. The highest BCUT2D eigenvalue weighted by atomic mass is 32.2. The zero-order valence-corrected chi connectivity index (χ0v) is 13.7. The molecule has 0 aromatic heterocycles. The van der Waals surface area contributed by atoms with Crippen molar-refractivity contribution in [1.29, 1.82) is 0 Å². The van der Waals surface area contributed by atoms with Gasteiger partial charge in [0.05, 0.1) is 6.26 Å². The van der Waals surface area contributed by atoms with Gasteiger partial charge in [0.25, 0.3) is 0 Å². The van der Waals surface area contributed by atoms with Crippen LogP contribution in [0.15, 0.2) is 0 Å². The number of sulfonamides is 1. The summed E-state index contributed by atoms with van der Waals surface area (Å²) in [6.45, 7) is 5.42. The third-order valence-electron chi connectivity index (χ3n) is 4.76. The van der Waals surface area contributed by atoms with Gasteiger partial charge < -0.3 is 5.73 Å². The van der Waals surface area contributed by atoms with Gasteiger partial charge in [-0.2, -0.15) is 0 Å². The average Bonchev–Trinajstić information content (AvgIpc) is 2.41. The van der Waals surface area contributed by atoms with Crippen molar-refractivity contribution in [2.75, 3.05) is 25.9 Å². The molecule has 0 radical (unpaired) electrons. The van der Waals surface area contributed by atoms with Crippen LogP contribution in [-0.4, -0.2) is 44.4 Å². The first-order valence-electron chi connectivity index (χ1n) is 7.47. The number of ketones is 1. The van der Waals surface area contributed by atoms with E-state index in [0.717, 1.165) is 25.7 Å². The molecule has 0 bridgehead atoms. The first kappa shape index (κ1) is 17.6. The molecule has 1 aliphatic rings. The van der Waals surface area contributed by atoms with Gasteiger partial charge in [0.1, 0.15) is 5.78 Å². The van der Waals surface area contributed by atoms with Crippen molar-refractivity contribution in [3.05, 3.63) is 0 Å². The third kappa shape index (κ3) is 4.02. The first-order chi connectivity index (χ1) is 9.29. The van der Waals surface area contributed by atoms with Gasteiger partial charge in [0, 0.05) is 31.5 Å². The van der Waals surface area contributed by atoms with Crippen LogP contribution in [0.1, 0.15) is 46.0 Å². The number of Topliss-reactive ketones (excluding diaryl/α,β-unsaturated/α-hetero) is 1. The smallest absolute Gasteiger partial charge is 0.211 e. The molecule has 1 fully saturated rings. The minimum absolute atomic E-state index is 0.134. The fraction of sp³-hybridized carbons (Fsp3) is 0.929. The van der Waals surface area contributed by atoms with E-state index in [0.29, 0.717) is 26.1 Å². The summed E-state index contributed by atoms with van der Waals surface area (Å²) in [7, 11) is -3.15. The zero-order chi connectivity index (χ0) is 15.4. The molecule has 2 N–H and O–H groups in total. The molecule has 1 aliphatic heterocycles. The Morgan fingerprint density at radius 3 is 2.40 bits per heavy atom. The second kappa shape index (κ2) is 7.00. The molecule has 0 aromatic carbocycles. The number of hydrogen-bond acceptors (Lipinski definition) is 4. The lowest BCUT2D eigenvalue weighted by Crippen LogP contribution is -2.43. The predicted octanol–water partition coefficient (Wildman–Crippen LogP) is 1.38. The molecule has 118 valence electrons. The average molecular weight is 304 g/mol. The predicted molar refractivity (Wildman–Crippen MR) is 80.8 cm³/mol. The van der Waals surface area contributed by atoms with E-state index in [4.69, 9.17) is 5.73 Å². The largest absolute Gasteiger partial charge is 0.329 e. The number of carbonyl (C=O) groups is 1. The van der Waals surface area contributed by atoms with Crippen molar-refractivity contribution in [1.82, 2.24) is 4.31 Å². The molecule has 6 heteroatoms. The van der Waals surface area contributed by atoms with E-state index in [9.17, 15) is 13.2 Å². The topological polar surface area (TPSA) is 80.5 Å². The number of nitrogens with zero attached hydrogens (tertiary/aromatic N) is 1. The molecule has 5 nitrogen and oxygen atoms in total. The Balaban J connectivity index is 2.71. The summed E-state index contributed by atoms with van der Waals surface area (Å²) in [6.07, 6.45) is 4.94. The van der Waals surface area contributed by atoms with Crippen LogP contribution in [0.4, 0.5) is 0 Å². The summed E-state index contributed by atoms with van der Waals surface area (Å²) in [5, 5.41) is 0. The lowest BCUT2D eigenvalue weighted by molar-refractivity contribution is -0.130. The van der Waals surface area contributed by atoms with Crippen molar-refractivity contribution < 1.29 is 13.2 Å². The molecule has 1 saturated heterocycles. The number of piperidine rings is 1. The Morgan fingerprint density at radius 1 is 1.35 bits per heavy atom. The summed E-state index contributed by atoms with van der Waals surface area (Å²) in [4.78, 5) is 12.5. The Bertz CT molecular complexity index is 421. The molecular formula is C14H28N2O3S. The highest BCUT2D eigenvalue weighted by molar-refractivity contribution is 7.88. The molecule has 0 saturated carbocycles. The molecule has 0 amide bonds. The van der Waals surface area contributed by atoms with Crippen LogP contribution in [0.2, 0.25) is 0 Å². The van der Waals surface area contributed by atoms with E-state index in [1.807, 2.05) is 13.8 Å². The van der Waals surface area contributed by atoms with Gasteiger partial charge >= 0.3 is 0 Å². The zero-order valence-electron chi connectivity index (χ0n) is 12.9. The molecule has 1 atom stereocenters. The Labute approximate surface area is 122 Å². The molecule has 0 aliphatic carbocycles. The Morgan fingerprint density at radius 2 is 1.95 bits per heavy atom. The van der Waals surface area contributed by atoms with E-state index in [1.165, 1.54) is 10.6 Å². The molecule has 0 spiro atoms. The van der Waals surface area contributed by atoms with Gasteiger partial charge in [-0.05, 0) is 31.6 Å². The van der Waals surface area contributed by atoms with Gasteiger partial charge in [-0.15, -0.1) is 0 Å². The molecule has 0 aromatic rings. The molecule has 1 rings (SSSR count). The van der Waals surface area contributed by atoms with Crippen molar-refractivity contribution >= 4 is 15.8 Å². The van der Waals surface area contributed by atoms with Gasteiger partial charge in [-0.1, -0.05) is 13.8 Å². The van der Waals surface area contributed by atoms with Crippen LogP contribution in [0, 0.1) is 11.3 Å². The number of hydrogen-bond donors (Lipinski definition) is 1. The molecule has 1 heterocycles. The van der Waals surface area contributed by atoms with Crippen LogP contribution < -0.4 is 5.73 Å². The first-order valence-corrected chi connectivity index (χ1v) is 9.32. The van der Waals surface area contributed by atoms with Crippen molar-refractivity contribution in [2.45, 2.75) is 46.0 Å². The lowest BCUT2D eigenvalue weighted by atomic mass is 9.74. The summed E-state index contributed by atoms with van der Waals surface area (Å²) in [6, 6.07) is 0. The maximum absolute atomic E-state index is 12.5. The highest BCUT2D eigenvalue weighted by Crippen LogP contribution is 2.31. The minimum atomic E-state index is -3.15. The Hall–Kier alpha value is -0.460. The Kier molecular flexibility index (Phi) is 6.16. The van der Waals surface area contributed by atoms with Crippen LogP contribution in [0.5, 0.6) is 0 Å². The van der Waals surface area contributed by atoms with Crippen molar-refractivity contribution in [3.63, 3.8) is 0 Å². The normalized spacial score (nSPS) is 21.9. The van der Waals surface area contributed by atoms with E-state index >= 15 is 0 Å². The van der Waals surface area contributed by atoms with Crippen LogP contribution in [0.3, 0.4) is 0 Å². The quantitative estimate of drug-likeness (QED) is 0.770. The summed E-state index contributed by atoms with van der Waals surface area (Å²) in [5.74, 6) is 0.334. The maximum atomic E-state index is 12.5. The van der Waals surface area contributed by atoms with Gasteiger partial charge in [0.15, 0.2) is 0 Å². The van der Waals surface area contributed by atoms with Crippen molar-refractivity contribution in [3.8, 4) is 0 Å². The van der Waals surface area contributed by atoms with Crippen LogP contribution >= 0.6 is 0 Å². The van der Waals surface area contributed by atoms with Gasteiger partial charge in [-0.3, -0.25) is 4.79 Å². The van der Waals surface area contributed by atoms with Crippen LogP contribution in [0.25, 0.3) is 0 Å². The minimum Gasteiger partial charge on any atom is -0.329 e. The van der Waals surface area contributed by atoms with E-state index in [2.05, 4.69) is 0 Å². The van der Waals surface area contributed by atoms with Gasteiger partial charge in [-0.25, -0.2) is 12.7 Å². The number of carbonyl (C=O) groups excluding carboxylic acids is 1. The summed E-state index contributed by atoms with van der Waals surface area (Å²) < 4.78 is 24.7. The number of nitrogens with two attached hydrogens (primary N) is 1. The molecule has 20 heavy (non-hydrogen) atoms. The summed E-state index contributed by atoms with van der Waals surface area (Å²) >= 11 is 0. The second-order valence-electron chi connectivity index (χ2n) is 5.95. The molecular weight excluding hydrogens is 276 g/mol.